The zero-order chi connectivity index (χ0) is 21.9. The molecule has 0 aromatic carbocycles. The Bertz CT molecular complexity index is 917. The minimum atomic E-state index is -0.833. The van der Waals surface area contributed by atoms with Gasteiger partial charge in [0, 0.05) is 31.1 Å². The average Bonchev–Trinajstić information content (AvgIpc) is 3.59. The van der Waals surface area contributed by atoms with Crippen LogP contribution in [0.3, 0.4) is 0 Å². The van der Waals surface area contributed by atoms with Gasteiger partial charge in [0.2, 0.25) is 0 Å². The Labute approximate surface area is 184 Å². The van der Waals surface area contributed by atoms with Gasteiger partial charge in [-0.2, -0.15) is 0 Å². The van der Waals surface area contributed by atoms with Crippen LogP contribution in [0.1, 0.15) is 72.1 Å². The lowest BCUT2D eigenvalue weighted by molar-refractivity contribution is -0.177. The number of hydrogen-bond acceptors (Lipinski definition) is 4. The molecule has 0 aromatic heterocycles. The van der Waals surface area contributed by atoms with E-state index in [1.807, 2.05) is 0 Å². The molecule has 0 unspecified atom stereocenters. The fourth-order valence-corrected chi connectivity index (χ4v) is 9.74. The summed E-state index contributed by atoms with van der Waals surface area (Å²) in [5.41, 5.74) is 1.85. The van der Waals surface area contributed by atoms with Gasteiger partial charge < -0.3 is 9.84 Å². The number of carbonyl (C=O) groups excluding carboxylic acids is 2. The molecule has 10 atom stereocenters. The molecule has 168 valence electrons. The summed E-state index contributed by atoms with van der Waals surface area (Å²) in [4.78, 5) is 33.3. The molecule has 0 radical (unpaired) electrons. The van der Waals surface area contributed by atoms with Crippen LogP contribution in [-0.4, -0.2) is 28.4 Å². The number of hydrogen-bond donors (Lipinski definition) is 1. The van der Waals surface area contributed by atoms with E-state index in [0.29, 0.717) is 24.0 Å². The number of ketones is 1. The van der Waals surface area contributed by atoms with Crippen molar-refractivity contribution in [2.24, 2.45) is 52.3 Å². The van der Waals surface area contributed by atoms with E-state index in [4.69, 9.17) is 14.6 Å². The Morgan fingerprint density at radius 3 is 2.48 bits per heavy atom. The topological polar surface area (TPSA) is 80.7 Å². The van der Waals surface area contributed by atoms with Crippen LogP contribution in [0.4, 0.5) is 0 Å². The number of esters is 1. The fraction of sp³-hybridized carbons (Fsp3) is 0.808. The van der Waals surface area contributed by atoms with Crippen LogP contribution in [0.5, 0.6) is 0 Å². The van der Waals surface area contributed by atoms with Gasteiger partial charge in [-0.15, -0.1) is 0 Å². The Kier molecular flexibility index (Phi) is 3.88. The summed E-state index contributed by atoms with van der Waals surface area (Å²) >= 11 is 0. The highest BCUT2D eigenvalue weighted by Gasteiger charge is 2.81. The minimum Gasteiger partial charge on any atom is -0.481 e. The summed E-state index contributed by atoms with van der Waals surface area (Å²) < 4.78 is 6.22. The molecular weight excluding hydrogens is 392 g/mol. The first-order chi connectivity index (χ1) is 14.6. The van der Waals surface area contributed by atoms with Gasteiger partial charge in [0.1, 0.15) is 5.60 Å². The van der Waals surface area contributed by atoms with Gasteiger partial charge >= 0.3 is 5.97 Å². The predicted octanol–water partition coefficient (Wildman–Crippen LogP) is 4.40. The molecule has 5 nitrogen and oxygen atoms in total. The van der Waals surface area contributed by atoms with Crippen LogP contribution >= 0.6 is 0 Å². The fourth-order valence-electron chi connectivity index (χ4n) is 9.74. The van der Waals surface area contributed by atoms with E-state index < -0.39 is 5.97 Å². The minimum absolute atomic E-state index is 0.0561. The second kappa shape index (κ2) is 6.02. The molecule has 5 heteroatoms. The summed E-state index contributed by atoms with van der Waals surface area (Å²) in [6, 6.07) is 0. The summed E-state index contributed by atoms with van der Waals surface area (Å²) in [6.07, 6.45) is 10.6. The van der Waals surface area contributed by atoms with Crippen molar-refractivity contribution < 1.29 is 24.2 Å². The van der Waals surface area contributed by atoms with Gasteiger partial charge in [-0.1, -0.05) is 19.4 Å². The molecule has 0 bridgehead atoms. The first kappa shape index (κ1) is 20.0. The predicted molar refractivity (Wildman–Crippen MR) is 113 cm³/mol. The maximum Gasteiger partial charge on any atom is 0.306 e. The SMILES string of the molecule is CC(=O)O.C[C@]12CCC(=O)C=C1[C@@H]1C[C@@H]1[C@H]1[C@@H]3[C@@H]4C[C@@H]4[C@@]4(CCC(=O)O4)[C@@]3(C)CC[C@@H]12. The quantitative estimate of drug-likeness (QED) is 0.581. The highest BCUT2D eigenvalue weighted by atomic mass is 16.6. The van der Waals surface area contributed by atoms with Crippen molar-refractivity contribution in [3.05, 3.63) is 11.6 Å². The van der Waals surface area contributed by atoms with Crippen molar-refractivity contribution in [2.45, 2.75) is 77.7 Å². The number of carboxylic acids is 1. The van der Waals surface area contributed by atoms with Crippen LogP contribution in [-0.2, 0) is 19.1 Å². The van der Waals surface area contributed by atoms with Crippen LogP contribution < -0.4 is 0 Å². The molecule has 1 heterocycles. The smallest absolute Gasteiger partial charge is 0.306 e. The molecular formula is C26H34O5. The van der Waals surface area contributed by atoms with E-state index in [1.165, 1.54) is 31.3 Å². The van der Waals surface area contributed by atoms with E-state index in [2.05, 4.69) is 19.9 Å². The van der Waals surface area contributed by atoms with Gasteiger partial charge in [-0.3, -0.25) is 14.4 Å². The van der Waals surface area contributed by atoms with Gasteiger partial charge in [0.15, 0.2) is 5.78 Å². The van der Waals surface area contributed by atoms with Crippen LogP contribution in [0, 0.1) is 52.3 Å². The van der Waals surface area contributed by atoms with E-state index in [-0.39, 0.29) is 22.4 Å². The van der Waals surface area contributed by atoms with E-state index in [1.54, 1.807) is 0 Å². The Hall–Kier alpha value is -1.65. The lowest BCUT2D eigenvalue weighted by Crippen LogP contribution is -2.57. The number of rotatable bonds is 0. The molecule has 1 aliphatic heterocycles. The number of aliphatic carboxylic acids is 1. The molecule has 7 rings (SSSR count). The zero-order valence-electron chi connectivity index (χ0n) is 18.9. The van der Waals surface area contributed by atoms with Crippen molar-refractivity contribution in [3.63, 3.8) is 0 Å². The largest absolute Gasteiger partial charge is 0.481 e. The lowest BCUT2D eigenvalue weighted by atomic mass is 9.45. The van der Waals surface area contributed by atoms with E-state index in [9.17, 15) is 9.59 Å². The van der Waals surface area contributed by atoms with Crippen molar-refractivity contribution in [1.29, 1.82) is 0 Å². The number of ether oxygens (including phenoxy) is 1. The van der Waals surface area contributed by atoms with E-state index in [0.717, 1.165) is 55.8 Å². The summed E-state index contributed by atoms with van der Waals surface area (Å²) in [7, 11) is 0. The highest BCUT2D eigenvalue weighted by molar-refractivity contribution is 5.92. The maximum absolute atomic E-state index is 12.2. The van der Waals surface area contributed by atoms with Gasteiger partial charge in [-0.25, -0.2) is 0 Å². The molecule has 1 saturated heterocycles. The lowest BCUT2D eigenvalue weighted by Gasteiger charge is -2.60. The molecule has 7 aliphatic rings. The number of carbonyl (C=O) groups is 3. The van der Waals surface area contributed by atoms with Crippen molar-refractivity contribution >= 4 is 17.7 Å². The van der Waals surface area contributed by atoms with Crippen LogP contribution in [0.2, 0.25) is 0 Å². The molecule has 0 aromatic rings. The van der Waals surface area contributed by atoms with Gasteiger partial charge in [0.05, 0.1) is 0 Å². The maximum atomic E-state index is 12.2. The monoisotopic (exact) mass is 426 g/mol. The second-order valence-corrected chi connectivity index (χ2v) is 12.0. The first-order valence-corrected chi connectivity index (χ1v) is 12.3. The standard InChI is InChI=1S/C24H30O3.C2H4O2/c1-22-6-3-12(25)9-17(22)13-10-14(13)20-16(22)4-7-23(2)21(20)15-11-18(15)24(23)8-5-19(26)27-24;1-2(3)4/h9,13-16,18,20-21H,3-8,10-11H2,1-2H3;1H3,(H,3,4)/t13-,14+,15-,16+,18+,20-,21+,22-,23+,24+;/m1./s1. The molecule has 5 saturated carbocycles. The highest BCUT2D eigenvalue weighted by Crippen LogP contribution is 2.82. The number of carboxylic acid groups (broad SMARTS) is 1. The van der Waals surface area contributed by atoms with Crippen LogP contribution in [0.15, 0.2) is 11.6 Å². The third-order valence-corrected chi connectivity index (χ3v) is 10.9. The molecule has 0 amide bonds. The Morgan fingerprint density at radius 2 is 1.81 bits per heavy atom. The Morgan fingerprint density at radius 1 is 1.06 bits per heavy atom. The third kappa shape index (κ3) is 2.41. The summed E-state index contributed by atoms with van der Waals surface area (Å²) in [6.45, 7) is 6.07. The van der Waals surface area contributed by atoms with Gasteiger partial charge in [-0.05, 0) is 85.5 Å². The normalized spacial score (nSPS) is 54.8. The molecule has 6 fully saturated rings. The number of fused-ring (bicyclic) bond motifs is 12. The molecule has 31 heavy (non-hydrogen) atoms. The summed E-state index contributed by atoms with van der Waals surface area (Å²) in [5.74, 6) is 4.82. The van der Waals surface area contributed by atoms with Gasteiger partial charge in [0.25, 0.3) is 5.97 Å². The molecule has 1 N–H and O–H groups in total. The Balaban J connectivity index is 0.000000430. The average molecular weight is 427 g/mol. The molecule has 1 spiro atoms. The van der Waals surface area contributed by atoms with Crippen molar-refractivity contribution in [1.82, 2.24) is 0 Å². The van der Waals surface area contributed by atoms with E-state index >= 15 is 0 Å². The summed E-state index contributed by atoms with van der Waals surface area (Å²) in [5, 5.41) is 7.42. The second-order valence-electron chi connectivity index (χ2n) is 12.0. The first-order valence-electron chi connectivity index (χ1n) is 12.3. The van der Waals surface area contributed by atoms with Crippen LogP contribution in [0.25, 0.3) is 0 Å². The number of allylic oxidation sites excluding steroid dienone is 1. The zero-order valence-corrected chi connectivity index (χ0v) is 18.9. The molecule has 6 aliphatic carbocycles. The third-order valence-electron chi connectivity index (χ3n) is 10.9. The van der Waals surface area contributed by atoms with Crippen molar-refractivity contribution in [2.75, 3.05) is 0 Å². The van der Waals surface area contributed by atoms with Crippen molar-refractivity contribution in [3.8, 4) is 0 Å².